The van der Waals surface area contributed by atoms with Crippen molar-refractivity contribution in [2.45, 2.75) is 45.6 Å². The van der Waals surface area contributed by atoms with E-state index in [0.29, 0.717) is 5.92 Å². The zero-order valence-corrected chi connectivity index (χ0v) is 14.5. The van der Waals surface area contributed by atoms with Crippen LogP contribution >= 0.6 is 11.3 Å². The fraction of sp³-hybridized carbons (Fsp3) is 0.500. The molecule has 0 amide bonds. The summed E-state index contributed by atoms with van der Waals surface area (Å²) >= 11 is 1.71. The first-order valence-corrected chi connectivity index (χ1v) is 8.91. The van der Waals surface area contributed by atoms with Crippen molar-refractivity contribution in [2.24, 2.45) is 0 Å². The molecule has 1 heterocycles. The van der Waals surface area contributed by atoms with Crippen molar-refractivity contribution in [1.82, 2.24) is 10.3 Å². The molecule has 0 saturated carbocycles. The minimum Gasteiger partial charge on any atom is -0.395 e. The lowest BCUT2D eigenvalue weighted by Crippen LogP contribution is -2.33. The molecule has 1 aromatic carbocycles. The molecule has 2 rings (SSSR count). The Morgan fingerprint density at radius 2 is 1.95 bits per heavy atom. The van der Waals surface area contributed by atoms with Crippen molar-refractivity contribution in [3.05, 3.63) is 40.2 Å². The van der Waals surface area contributed by atoms with Crippen LogP contribution in [0.2, 0.25) is 0 Å². The Morgan fingerprint density at radius 3 is 2.55 bits per heavy atom. The number of nitrogens with zero attached hydrogens (tertiary/aromatic N) is 1. The van der Waals surface area contributed by atoms with Gasteiger partial charge in [0.1, 0.15) is 0 Å². The van der Waals surface area contributed by atoms with Crippen LogP contribution in [0.25, 0.3) is 11.3 Å². The monoisotopic (exact) mass is 318 g/mol. The van der Waals surface area contributed by atoms with Crippen molar-refractivity contribution >= 4 is 11.3 Å². The molecule has 0 bridgehead atoms. The Balaban J connectivity index is 1.93. The molecule has 1 unspecified atom stereocenters. The Bertz CT molecular complexity index is 559. The van der Waals surface area contributed by atoms with E-state index in [1.54, 1.807) is 11.3 Å². The molecule has 4 heteroatoms. The second-order valence-corrected chi connectivity index (χ2v) is 6.84. The van der Waals surface area contributed by atoms with Gasteiger partial charge in [0.15, 0.2) is 0 Å². The van der Waals surface area contributed by atoms with Gasteiger partial charge in [-0.1, -0.05) is 45.0 Å². The summed E-state index contributed by atoms with van der Waals surface area (Å²) in [5.41, 5.74) is 3.60. The molecular weight excluding hydrogens is 292 g/mol. The average molecular weight is 318 g/mol. The van der Waals surface area contributed by atoms with Gasteiger partial charge in [0.25, 0.3) is 0 Å². The Morgan fingerprint density at radius 1 is 1.23 bits per heavy atom. The molecule has 0 fully saturated rings. The van der Waals surface area contributed by atoms with E-state index < -0.39 is 0 Å². The van der Waals surface area contributed by atoms with Crippen LogP contribution in [0.4, 0.5) is 0 Å². The largest absolute Gasteiger partial charge is 0.395 e. The van der Waals surface area contributed by atoms with Gasteiger partial charge in [0.05, 0.1) is 17.3 Å². The third-order valence-electron chi connectivity index (χ3n) is 3.91. The highest BCUT2D eigenvalue weighted by atomic mass is 32.1. The molecule has 0 spiro atoms. The van der Waals surface area contributed by atoms with Crippen molar-refractivity contribution in [3.8, 4) is 11.3 Å². The van der Waals surface area contributed by atoms with Crippen LogP contribution in [0.15, 0.2) is 29.6 Å². The lowest BCUT2D eigenvalue weighted by Gasteiger charge is -2.12. The van der Waals surface area contributed by atoms with Gasteiger partial charge in [0, 0.05) is 30.0 Å². The SMILES string of the molecule is CCC(CO)NCCc1nc(-c2ccc(C(C)C)cc2)cs1. The number of aromatic nitrogens is 1. The van der Waals surface area contributed by atoms with E-state index in [1.165, 1.54) is 11.1 Å². The second-order valence-electron chi connectivity index (χ2n) is 5.90. The van der Waals surface area contributed by atoms with E-state index in [2.05, 4.69) is 55.7 Å². The standard InChI is InChI=1S/C18H26N2OS/c1-4-16(11-21)19-10-9-18-20-17(12-22-18)15-7-5-14(6-8-15)13(2)3/h5-8,12-13,16,19,21H,4,9-11H2,1-3H3. The Kier molecular flexibility index (Phi) is 6.55. The summed E-state index contributed by atoms with van der Waals surface area (Å²) in [5, 5.41) is 15.8. The molecule has 1 atom stereocenters. The van der Waals surface area contributed by atoms with E-state index >= 15 is 0 Å². The van der Waals surface area contributed by atoms with E-state index in [9.17, 15) is 0 Å². The van der Waals surface area contributed by atoms with Gasteiger partial charge in [-0.2, -0.15) is 0 Å². The van der Waals surface area contributed by atoms with Crippen LogP contribution < -0.4 is 5.32 Å². The highest BCUT2D eigenvalue weighted by Crippen LogP contribution is 2.24. The molecule has 3 nitrogen and oxygen atoms in total. The van der Waals surface area contributed by atoms with Crippen LogP contribution in [0.5, 0.6) is 0 Å². The number of aliphatic hydroxyl groups excluding tert-OH is 1. The summed E-state index contributed by atoms with van der Waals surface area (Å²) in [7, 11) is 0. The van der Waals surface area contributed by atoms with Gasteiger partial charge in [-0.3, -0.25) is 0 Å². The summed E-state index contributed by atoms with van der Waals surface area (Å²) < 4.78 is 0. The smallest absolute Gasteiger partial charge is 0.0945 e. The Labute approximate surface area is 137 Å². The van der Waals surface area contributed by atoms with Gasteiger partial charge in [-0.15, -0.1) is 11.3 Å². The number of rotatable bonds is 8. The van der Waals surface area contributed by atoms with Crippen molar-refractivity contribution in [2.75, 3.05) is 13.2 Å². The summed E-state index contributed by atoms with van der Waals surface area (Å²) in [6.45, 7) is 7.55. The first-order valence-electron chi connectivity index (χ1n) is 8.03. The molecule has 22 heavy (non-hydrogen) atoms. The third-order valence-corrected chi connectivity index (χ3v) is 4.82. The van der Waals surface area contributed by atoms with E-state index in [0.717, 1.165) is 30.1 Å². The van der Waals surface area contributed by atoms with Crippen LogP contribution in [0.3, 0.4) is 0 Å². The lowest BCUT2D eigenvalue weighted by molar-refractivity contribution is 0.240. The molecule has 2 N–H and O–H groups in total. The zero-order valence-electron chi connectivity index (χ0n) is 13.7. The summed E-state index contributed by atoms with van der Waals surface area (Å²) in [4.78, 5) is 4.72. The maximum absolute atomic E-state index is 9.16. The van der Waals surface area contributed by atoms with Gasteiger partial charge in [-0.25, -0.2) is 4.98 Å². The molecule has 0 radical (unpaired) electrons. The number of aliphatic hydroxyl groups is 1. The zero-order chi connectivity index (χ0) is 15.9. The molecule has 2 aromatic rings. The van der Waals surface area contributed by atoms with Gasteiger partial charge in [-0.05, 0) is 17.9 Å². The van der Waals surface area contributed by atoms with Gasteiger partial charge >= 0.3 is 0 Å². The van der Waals surface area contributed by atoms with Crippen molar-refractivity contribution in [1.29, 1.82) is 0 Å². The van der Waals surface area contributed by atoms with E-state index in [1.807, 2.05) is 0 Å². The van der Waals surface area contributed by atoms with Gasteiger partial charge in [0.2, 0.25) is 0 Å². The lowest BCUT2D eigenvalue weighted by atomic mass is 10.0. The first-order chi connectivity index (χ1) is 10.6. The molecule has 0 aliphatic heterocycles. The fourth-order valence-corrected chi connectivity index (χ4v) is 3.13. The van der Waals surface area contributed by atoms with Gasteiger partial charge < -0.3 is 10.4 Å². The highest BCUT2D eigenvalue weighted by Gasteiger charge is 2.07. The predicted molar refractivity (Wildman–Crippen MR) is 94.5 cm³/mol. The van der Waals surface area contributed by atoms with Crippen LogP contribution in [0.1, 0.15) is 43.7 Å². The molecular formula is C18H26N2OS. The van der Waals surface area contributed by atoms with E-state index in [-0.39, 0.29) is 12.6 Å². The fourth-order valence-electron chi connectivity index (χ4n) is 2.32. The maximum Gasteiger partial charge on any atom is 0.0945 e. The maximum atomic E-state index is 9.16. The van der Waals surface area contributed by atoms with Crippen LogP contribution in [-0.2, 0) is 6.42 Å². The number of hydrogen-bond donors (Lipinski definition) is 2. The minimum atomic E-state index is 0.196. The number of hydrogen-bond acceptors (Lipinski definition) is 4. The summed E-state index contributed by atoms with van der Waals surface area (Å²) in [6, 6.07) is 8.89. The average Bonchev–Trinajstić information content (AvgIpc) is 3.00. The summed E-state index contributed by atoms with van der Waals surface area (Å²) in [5.74, 6) is 0.559. The van der Waals surface area contributed by atoms with Crippen molar-refractivity contribution < 1.29 is 5.11 Å². The molecule has 0 saturated heterocycles. The Hall–Kier alpha value is -1.23. The molecule has 1 aromatic heterocycles. The second kappa shape index (κ2) is 8.42. The van der Waals surface area contributed by atoms with E-state index in [4.69, 9.17) is 10.1 Å². The molecule has 0 aliphatic carbocycles. The number of thiazole rings is 1. The van der Waals surface area contributed by atoms with Crippen LogP contribution in [0, 0.1) is 0 Å². The normalized spacial score (nSPS) is 12.8. The van der Waals surface area contributed by atoms with Crippen LogP contribution in [-0.4, -0.2) is 29.3 Å². The first kappa shape index (κ1) is 17.1. The quantitative estimate of drug-likeness (QED) is 0.777. The molecule has 0 aliphatic rings. The van der Waals surface area contributed by atoms with Crippen molar-refractivity contribution in [3.63, 3.8) is 0 Å². The summed E-state index contributed by atoms with van der Waals surface area (Å²) in [6.07, 6.45) is 1.85. The topological polar surface area (TPSA) is 45.1 Å². The predicted octanol–water partition coefficient (Wildman–Crippen LogP) is 3.84. The third kappa shape index (κ3) is 4.63. The highest BCUT2D eigenvalue weighted by molar-refractivity contribution is 7.09. The molecule has 120 valence electrons. The number of benzene rings is 1. The minimum absolute atomic E-state index is 0.196. The number of nitrogens with one attached hydrogen (secondary N) is 1.